The Morgan fingerprint density at radius 2 is 2.00 bits per heavy atom. The quantitative estimate of drug-likeness (QED) is 0.834. The summed E-state index contributed by atoms with van der Waals surface area (Å²) in [6, 6.07) is 5.90. The molecular formula is C15H24N4O. The Kier molecular flexibility index (Phi) is 4.98. The lowest BCUT2D eigenvalue weighted by atomic mass is 10.3. The van der Waals surface area contributed by atoms with Crippen LogP contribution < -0.4 is 4.90 Å². The minimum atomic E-state index is 0.00267. The maximum atomic E-state index is 9.70. The monoisotopic (exact) mass is 276 g/mol. The van der Waals surface area contributed by atoms with Crippen molar-refractivity contribution in [1.82, 2.24) is 14.3 Å². The summed E-state index contributed by atoms with van der Waals surface area (Å²) >= 11 is 0. The first-order valence-corrected chi connectivity index (χ1v) is 7.13. The summed E-state index contributed by atoms with van der Waals surface area (Å²) in [5.74, 6) is 0.905. The van der Waals surface area contributed by atoms with Gasteiger partial charge in [0.25, 0.3) is 0 Å². The molecule has 2 heterocycles. The maximum Gasteiger partial charge on any atom is 0.153 e. The zero-order valence-electron chi connectivity index (χ0n) is 12.6. The molecule has 0 saturated carbocycles. The highest BCUT2D eigenvalue weighted by Gasteiger charge is 2.17. The smallest absolute Gasteiger partial charge is 0.153 e. The number of anilines is 1. The molecule has 0 aliphatic rings. The number of aliphatic hydroxyl groups excluding tert-OH is 1. The van der Waals surface area contributed by atoms with Gasteiger partial charge in [-0.25, -0.2) is 4.98 Å². The van der Waals surface area contributed by atoms with Gasteiger partial charge in [0, 0.05) is 25.8 Å². The number of imidazole rings is 1. The van der Waals surface area contributed by atoms with Gasteiger partial charge in [0.2, 0.25) is 0 Å². The first kappa shape index (κ1) is 14.8. The molecule has 0 aliphatic carbocycles. The van der Waals surface area contributed by atoms with E-state index in [1.54, 1.807) is 0 Å². The Labute approximate surface area is 120 Å². The molecule has 2 aromatic heterocycles. The average molecular weight is 276 g/mol. The van der Waals surface area contributed by atoms with Crippen molar-refractivity contribution in [2.45, 2.75) is 20.0 Å². The first-order valence-electron chi connectivity index (χ1n) is 7.13. The fourth-order valence-corrected chi connectivity index (χ4v) is 2.35. The number of rotatable bonds is 7. The van der Waals surface area contributed by atoms with Crippen molar-refractivity contribution in [1.29, 1.82) is 0 Å². The highest BCUT2D eigenvalue weighted by molar-refractivity contribution is 5.55. The third-order valence-corrected chi connectivity index (χ3v) is 3.37. The van der Waals surface area contributed by atoms with Gasteiger partial charge in [-0.15, -0.1) is 0 Å². The van der Waals surface area contributed by atoms with E-state index >= 15 is 0 Å². The highest BCUT2D eigenvalue weighted by Crippen LogP contribution is 2.22. The van der Waals surface area contributed by atoms with E-state index in [0.29, 0.717) is 0 Å². The number of likely N-dealkylation sites (N-methyl/N-ethyl adjacent to an activating group) is 1. The van der Waals surface area contributed by atoms with Crippen LogP contribution in [-0.4, -0.2) is 53.1 Å². The Balaban J connectivity index is 2.36. The molecule has 0 fully saturated rings. The number of aliphatic hydroxyl groups is 1. The van der Waals surface area contributed by atoms with E-state index in [4.69, 9.17) is 4.98 Å². The number of fused-ring (bicyclic) bond motifs is 1. The Bertz CT molecular complexity index is 550. The molecule has 1 N–H and O–H groups in total. The van der Waals surface area contributed by atoms with E-state index in [9.17, 15) is 5.11 Å². The molecule has 5 nitrogen and oxygen atoms in total. The van der Waals surface area contributed by atoms with Gasteiger partial charge in [0.05, 0.1) is 12.3 Å². The van der Waals surface area contributed by atoms with Crippen molar-refractivity contribution < 1.29 is 5.11 Å². The summed E-state index contributed by atoms with van der Waals surface area (Å²) in [4.78, 5) is 9.12. The van der Waals surface area contributed by atoms with E-state index in [-0.39, 0.29) is 6.61 Å². The molecule has 110 valence electrons. The summed E-state index contributed by atoms with van der Waals surface area (Å²) in [5, 5.41) is 9.70. The van der Waals surface area contributed by atoms with E-state index in [1.165, 1.54) is 0 Å². The van der Waals surface area contributed by atoms with Crippen molar-refractivity contribution in [3.05, 3.63) is 30.1 Å². The Morgan fingerprint density at radius 1 is 1.20 bits per heavy atom. The average Bonchev–Trinajstić information content (AvgIpc) is 2.81. The Hall–Kier alpha value is -1.59. The third-order valence-electron chi connectivity index (χ3n) is 3.37. The molecule has 2 aromatic rings. The van der Waals surface area contributed by atoms with Crippen molar-refractivity contribution in [2.24, 2.45) is 0 Å². The second-order valence-electron chi connectivity index (χ2n) is 5.26. The van der Waals surface area contributed by atoms with E-state index < -0.39 is 0 Å². The van der Waals surface area contributed by atoms with Crippen LogP contribution in [0.2, 0.25) is 0 Å². The molecule has 0 unspecified atom stereocenters. The van der Waals surface area contributed by atoms with Gasteiger partial charge in [-0.2, -0.15) is 0 Å². The third kappa shape index (κ3) is 3.11. The van der Waals surface area contributed by atoms with Crippen LogP contribution in [0.1, 0.15) is 19.0 Å². The van der Waals surface area contributed by atoms with Crippen LogP contribution in [0.15, 0.2) is 24.4 Å². The van der Waals surface area contributed by atoms with E-state index in [1.807, 2.05) is 28.8 Å². The van der Waals surface area contributed by atoms with Crippen LogP contribution in [0, 0.1) is 0 Å². The van der Waals surface area contributed by atoms with E-state index in [0.717, 1.165) is 43.2 Å². The fourth-order valence-electron chi connectivity index (χ4n) is 2.35. The first-order chi connectivity index (χ1) is 9.67. The standard InChI is InChI=1S/C15H24N4O/c1-4-8-18(11-10-17(2)3)15-13(12-20)19-9-6-5-7-14(19)16-15/h5-7,9,20H,4,8,10-12H2,1-3H3. The molecule has 0 amide bonds. The van der Waals surface area contributed by atoms with Crippen LogP contribution in [0.25, 0.3) is 5.65 Å². The number of hydrogen-bond acceptors (Lipinski definition) is 4. The summed E-state index contributed by atoms with van der Waals surface area (Å²) in [5.41, 5.74) is 1.75. The normalized spacial score (nSPS) is 11.4. The van der Waals surface area contributed by atoms with Gasteiger partial charge >= 0.3 is 0 Å². The van der Waals surface area contributed by atoms with Gasteiger partial charge in [0.15, 0.2) is 5.82 Å². The lowest BCUT2D eigenvalue weighted by Gasteiger charge is -2.24. The van der Waals surface area contributed by atoms with Crippen molar-refractivity contribution >= 4 is 11.5 Å². The Morgan fingerprint density at radius 3 is 2.65 bits per heavy atom. The molecule has 20 heavy (non-hydrogen) atoms. The summed E-state index contributed by atoms with van der Waals surface area (Å²) in [7, 11) is 4.14. The van der Waals surface area contributed by atoms with Crippen LogP contribution >= 0.6 is 0 Å². The lowest BCUT2D eigenvalue weighted by Crippen LogP contribution is -2.33. The van der Waals surface area contributed by atoms with Gasteiger partial charge in [-0.3, -0.25) is 4.40 Å². The molecule has 2 rings (SSSR count). The van der Waals surface area contributed by atoms with E-state index in [2.05, 4.69) is 30.8 Å². The predicted molar refractivity (Wildman–Crippen MR) is 82.2 cm³/mol. The van der Waals surface area contributed by atoms with Crippen LogP contribution in [-0.2, 0) is 6.61 Å². The molecule has 0 aliphatic heterocycles. The SMILES string of the molecule is CCCN(CCN(C)C)c1nc2ccccn2c1CO. The minimum absolute atomic E-state index is 0.00267. The molecule has 0 saturated heterocycles. The summed E-state index contributed by atoms with van der Waals surface area (Å²) in [6.07, 6.45) is 3.01. The topological polar surface area (TPSA) is 44.0 Å². The maximum absolute atomic E-state index is 9.70. The molecule has 0 radical (unpaired) electrons. The molecule has 5 heteroatoms. The van der Waals surface area contributed by atoms with Gasteiger partial charge in [-0.1, -0.05) is 13.0 Å². The van der Waals surface area contributed by atoms with Crippen molar-refractivity contribution in [3.63, 3.8) is 0 Å². The number of nitrogens with zero attached hydrogens (tertiary/aromatic N) is 4. The van der Waals surface area contributed by atoms with Crippen LogP contribution in [0.4, 0.5) is 5.82 Å². The largest absolute Gasteiger partial charge is 0.390 e. The number of pyridine rings is 1. The highest BCUT2D eigenvalue weighted by atomic mass is 16.3. The number of aromatic nitrogens is 2. The molecule has 0 aromatic carbocycles. The minimum Gasteiger partial charge on any atom is -0.390 e. The van der Waals surface area contributed by atoms with Gasteiger partial charge in [-0.05, 0) is 32.6 Å². The van der Waals surface area contributed by atoms with Crippen molar-refractivity contribution in [3.8, 4) is 0 Å². The molecule has 0 bridgehead atoms. The number of hydrogen-bond donors (Lipinski definition) is 1. The van der Waals surface area contributed by atoms with Crippen molar-refractivity contribution in [2.75, 3.05) is 38.6 Å². The molecular weight excluding hydrogens is 252 g/mol. The second kappa shape index (κ2) is 6.72. The summed E-state index contributed by atoms with van der Waals surface area (Å²) < 4.78 is 1.97. The summed E-state index contributed by atoms with van der Waals surface area (Å²) in [6.45, 7) is 5.00. The van der Waals surface area contributed by atoms with Crippen LogP contribution in [0.5, 0.6) is 0 Å². The van der Waals surface area contributed by atoms with Crippen LogP contribution in [0.3, 0.4) is 0 Å². The van der Waals surface area contributed by atoms with Gasteiger partial charge < -0.3 is 14.9 Å². The molecule has 0 spiro atoms. The zero-order valence-corrected chi connectivity index (χ0v) is 12.6. The van der Waals surface area contributed by atoms with Gasteiger partial charge in [0.1, 0.15) is 5.65 Å². The second-order valence-corrected chi connectivity index (χ2v) is 5.26. The predicted octanol–water partition coefficient (Wildman–Crippen LogP) is 1.60. The fraction of sp³-hybridized carbons (Fsp3) is 0.533. The molecule has 0 atom stereocenters. The lowest BCUT2D eigenvalue weighted by molar-refractivity contribution is 0.276. The zero-order chi connectivity index (χ0) is 14.5.